The van der Waals surface area contributed by atoms with Gasteiger partial charge in [-0.1, -0.05) is 0 Å². The van der Waals surface area contributed by atoms with Gasteiger partial charge in [0.15, 0.2) is 17.2 Å². The van der Waals surface area contributed by atoms with Gasteiger partial charge in [0.2, 0.25) is 0 Å². The summed E-state index contributed by atoms with van der Waals surface area (Å²) in [5.74, 6) is -0.0635. The number of hydrogen-bond donors (Lipinski definition) is 1. The fourth-order valence-corrected chi connectivity index (χ4v) is 2.29. The summed E-state index contributed by atoms with van der Waals surface area (Å²) in [5, 5.41) is 10.3. The molecule has 1 aliphatic carbocycles. The molecule has 1 fully saturated rings. The lowest BCUT2D eigenvalue weighted by molar-refractivity contribution is -0.135. The van der Waals surface area contributed by atoms with Crippen LogP contribution >= 0.6 is 0 Å². The summed E-state index contributed by atoms with van der Waals surface area (Å²) in [7, 11) is 0. The molecule has 8 heteroatoms. The second-order valence-corrected chi connectivity index (χ2v) is 5.53. The van der Waals surface area contributed by atoms with E-state index in [0.29, 0.717) is 29.4 Å². The summed E-state index contributed by atoms with van der Waals surface area (Å²) in [4.78, 5) is 23.9. The zero-order valence-electron chi connectivity index (χ0n) is 14.1. The van der Waals surface area contributed by atoms with Gasteiger partial charge in [0.1, 0.15) is 5.69 Å². The van der Waals surface area contributed by atoms with Gasteiger partial charge in [-0.3, -0.25) is 4.79 Å². The fraction of sp³-hybridized carbons (Fsp3) is 0.412. The quantitative estimate of drug-likeness (QED) is 0.607. The van der Waals surface area contributed by atoms with Crippen LogP contribution in [0.5, 0.6) is 11.5 Å². The zero-order chi connectivity index (χ0) is 17.8. The minimum Gasteiger partial charge on any atom is -0.490 e. The minimum absolute atomic E-state index is 0.0138. The Hall–Kier alpha value is -2.90. The lowest BCUT2D eigenvalue weighted by atomic mass is 10.1. The number of carbonyl (C=O) groups is 2. The largest absolute Gasteiger partial charge is 0.490 e. The summed E-state index contributed by atoms with van der Waals surface area (Å²) in [6.07, 6.45) is 1.73. The molecule has 0 radical (unpaired) electrons. The van der Waals surface area contributed by atoms with Crippen molar-refractivity contribution in [2.45, 2.75) is 26.7 Å². The number of aromatic nitrogens is 3. The Balaban J connectivity index is 1.90. The molecule has 0 unspecified atom stereocenters. The number of ether oxygens (including phenoxy) is 3. The van der Waals surface area contributed by atoms with Gasteiger partial charge < -0.3 is 14.2 Å². The van der Waals surface area contributed by atoms with Crippen LogP contribution in [0.4, 0.5) is 0 Å². The van der Waals surface area contributed by atoms with Crippen molar-refractivity contribution in [3.05, 3.63) is 23.9 Å². The molecule has 8 nitrogen and oxygen atoms in total. The molecule has 0 saturated heterocycles. The van der Waals surface area contributed by atoms with Crippen LogP contribution in [-0.4, -0.2) is 40.6 Å². The normalized spacial score (nSPS) is 13.4. The average molecular weight is 345 g/mol. The highest BCUT2D eigenvalue weighted by Gasteiger charge is 2.32. The minimum atomic E-state index is -0.562. The van der Waals surface area contributed by atoms with Crippen LogP contribution in [0, 0.1) is 5.92 Å². The van der Waals surface area contributed by atoms with Crippen LogP contribution in [0.1, 0.15) is 37.2 Å². The van der Waals surface area contributed by atoms with E-state index in [0.717, 1.165) is 12.8 Å². The van der Waals surface area contributed by atoms with Crippen LogP contribution in [0.2, 0.25) is 0 Å². The zero-order valence-corrected chi connectivity index (χ0v) is 14.1. The highest BCUT2D eigenvalue weighted by Crippen LogP contribution is 2.36. The number of hydrogen-bond acceptors (Lipinski definition) is 7. The van der Waals surface area contributed by atoms with Crippen molar-refractivity contribution in [3.63, 3.8) is 0 Å². The van der Waals surface area contributed by atoms with Crippen molar-refractivity contribution in [2.75, 3.05) is 13.2 Å². The van der Waals surface area contributed by atoms with E-state index in [9.17, 15) is 9.59 Å². The number of rotatable bonds is 7. The van der Waals surface area contributed by atoms with E-state index < -0.39 is 5.97 Å². The van der Waals surface area contributed by atoms with Crippen molar-refractivity contribution in [1.82, 2.24) is 15.4 Å². The molecule has 2 aromatic rings. The first-order valence-electron chi connectivity index (χ1n) is 8.20. The van der Waals surface area contributed by atoms with E-state index in [4.69, 9.17) is 14.2 Å². The van der Waals surface area contributed by atoms with Crippen LogP contribution in [0.25, 0.3) is 11.3 Å². The van der Waals surface area contributed by atoms with E-state index in [-0.39, 0.29) is 24.2 Å². The standard InChI is InChI=1S/C17H19N3O5/c1-3-23-13-9-11(7-8-12(13)25-16(21)10-5-6-10)14-15(19-20-18-14)17(22)24-4-2/h7-10H,3-6H2,1-2H3,(H,18,19,20). The first-order chi connectivity index (χ1) is 12.1. The average Bonchev–Trinajstić information content (AvgIpc) is 3.34. The van der Waals surface area contributed by atoms with Gasteiger partial charge in [-0.05, 0) is 44.9 Å². The third-order valence-electron chi connectivity index (χ3n) is 3.65. The maximum absolute atomic E-state index is 12.0. The molecule has 1 aromatic heterocycles. The van der Waals surface area contributed by atoms with Crippen molar-refractivity contribution >= 4 is 11.9 Å². The summed E-state index contributed by atoms with van der Waals surface area (Å²) in [5.41, 5.74) is 1.04. The molecular formula is C17H19N3O5. The first-order valence-corrected chi connectivity index (χ1v) is 8.20. The Morgan fingerprint density at radius 3 is 2.64 bits per heavy atom. The highest BCUT2D eigenvalue weighted by atomic mass is 16.6. The van der Waals surface area contributed by atoms with Crippen molar-refractivity contribution in [1.29, 1.82) is 0 Å². The first kappa shape index (κ1) is 16.9. The maximum atomic E-state index is 12.0. The van der Waals surface area contributed by atoms with Gasteiger partial charge in [-0.15, -0.1) is 5.10 Å². The van der Waals surface area contributed by atoms with Crippen molar-refractivity contribution in [3.8, 4) is 22.8 Å². The summed E-state index contributed by atoms with van der Waals surface area (Å²) in [6, 6.07) is 4.99. The molecule has 1 heterocycles. The number of H-pyrrole nitrogens is 1. The van der Waals surface area contributed by atoms with Gasteiger partial charge in [0, 0.05) is 5.56 Å². The smallest absolute Gasteiger partial charge is 0.361 e. The Bertz CT molecular complexity index is 782. The lowest BCUT2D eigenvalue weighted by Gasteiger charge is -2.12. The Kier molecular flexibility index (Phi) is 4.97. The highest BCUT2D eigenvalue weighted by molar-refractivity contribution is 5.94. The second kappa shape index (κ2) is 7.33. The second-order valence-electron chi connectivity index (χ2n) is 5.53. The number of benzene rings is 1. The monoisotopic (exact) mass is 345 g/mol. The Morgan fingerprint density at radius 1 is 1.16 bits per heavy atom. The molecule has 1 aromatic carbocycles. The van der Waals surface area contributed by atoms with Gasteiger partial charge in [0.25, 0.3) is 0 Å². The van der Waals surface area contributed by atoms with Crippen LogP contribution in [0.3, 0.4) is 0 Å². The summed E-state index contributed by atoms with van der Waals surface area (Å²) >= 11 is 0. The topological polar surface area (TPSA) is 103 Å². The molecule has 25 heavy (non-hydrogen) atoms. The molecule has 1 N–H and O–H groups in total. The molecule has 0 bridgehead atoms. The molecule has 0 aliphatic heterocycles. The molecule has 0 amide bonds. The number of carbonyl (C=O) groups excluding carboxylic acids is 2. The molecule has 3 rings (SSSR count). The number of esters is 2. The van der Waals surface area contributed by atoms with Gasteiger partial charge in [-0.2, -0.15) is 10.3 Å². The van der Waals surface area contributed by atoms with E-state index in [1.54, 1.807) is 25.1 Å². The van der Waals surface area contributed by atoms with Crippen molar-refractivity contribution < 1.29 is 23.8 Å². The SMILES string of the molecule is CCOC(=O)c1n[nH]nc1-c1ccc(OC(=O)C2CC2)c(OCC)c1. The maximum Gasteiger partial charge on any atom is 0.361 e. The van der Waals surface area contributed by atoms with Crippen LogP contribution in [-0.2, 0) is 9.53 Å². The van der Waals surface area contributed by atoms with E-state index in [1.807, 2.05) is 6.92 Å². The Morgan fingerprint density at radius 2 is 1.96 bits per heavy atom. The molecule has 0 spiro atoms. The lowest BCUT2D eigenvalue weighted by Crippen LogP contribution is -2.11. The Labute approximate surface area is 144 Å². The fourth-order valence-electron chi connectivity index (χ4n) is 2.29. The van der Waals surface area contributed by atoms with Gasteiger partial charge in [0.05, 0.1) is 19.1 Å². The predicted molar refractivity (Wildman–Crippen MR) is 87.3 cm³/mol. The van der Waals surface area contributed by atoms with Crippen LogP contribution < -0.4 is 9.47 Å². The molecule has 1 aliphatic rings. The van der Waals surface area contributed by atoms with Gasteiger partial charge >= 0.3 is 11.9 Å². The van der Waals surface area contributed by atoms with E-state index in [2.05, 4.69) is 15.4 Å². The van der Waals surface area contributed by atoms with E-state index >= 15 is 0 Å². The summed E-state index contributed by atoms with van der Waals surface area (Å²) < 4.78 is 16.0. The molecular weight excluding hydrogens is 326 g/mol. The van der Waals surface area contributed by atoms with Gasteiger partial charge in [-0.25, -0.2) is 4.79 Å². The molecule has 1 saturated carbocycles. The third-order valence-corrected chi connectivity index (χ3v) is 3.65. The number of nitrogens with zero attached hydrogens (tertiary/aromatic N) is 2. The molecule has 132 valence electrons. The number of aromatic amines is 1. The van der Waals surface area contributed by atoms with Crippen molar-refractivity contribution in [2.24, 2.45) is 5.92 Å². The van der Waals surface area contributed by atoms with Crippen LogP contribution in [0.15, 0.2) is 18.2 Å². The predicted octanol–water partition coefficient (Wildman–Crippen LogP) is 2.36. The van der Waals surface area contributed by atoms with E-state index in [1.165, 1.54) is 0 Å². The molecule has 0 atom stereocenters. The summed E-state index contributed by atoms with van der Waals surface area (Å²) in [6.45, 7) is 4.19. The third kappa shape index (κ3) is 3.78. The number of nitrogens with one attached hydrogen (secondary N) is 1.